The van der Waals surface area contributed by atoms with Crippen LogP contribution in [0, 0.1) is 0 Å². The zero-order valence-corrected chi connectivity index (χ0v) is 19.4. The van der Waals surface area contributed by atoms with E-state index < -0.39 is 0 Å². The molecule has 7 nitrogen and oxygen atoms in total. The lowest BCUT2D eigenvalue weighted by Crippen LogP contribution is -2.13. The second kappa shape index (κ2) is 13.2. The van der Waals surface area contributed by atoms with E-state index in [-0.39, 0.29) is 11.9 Å². The van der Waals surface area contributed by atoms with Gasteiger partial charge in [0.25, 0.3) is 5.91 Å². The summed E-state index contributed by atoms with van der Waals surface area (Å²) in [6, 6.07) is 9.87. The smallest absolute Gasteiger partial charge is 0.338 e. The molecule has 0 atom stereocenters. The Balaban J connectivity index is 2.13. The molecule has 0 bridgehead atoms. The molecule has 174 valence electrons. The van der Waals surface area contributed by atoms with Gasteiger partial charge >= 0.3 is 5.97 Å². The average Bonchev–Trinajstić information content (AvgIpc) is 2.79. The third-order valence-electron chi connectivity index (χ3n) is 4.53. The summed E-state index contributed by atoms with van der Waals surface area (Å²) in [6.07, 6.45) is 2.95. The lowest BCUT2D eigenvalue weighted by molar-refractivity contribution is 0.0498. The Morgan fingerprint density at radius 1 is 0.781 bits per heavy atom. The topological polar surface area (TPSA) is 83.1 Å². The number of hydrogen-bond donors (Lipinski definition) is 1. The molecule has 0 saturated carbocycles. The van der Waals surface area contributed by atoms with Crippen LogP contribution in [0.2, 0.25) is 0 Å². The summed E-state index contributed by atoms with van der Waals surface area (Å²) >= 11 is 0. The normalized spacial score (nSPS) is 10.4. The van der Waals surface area contributed by atoms with Crippen LogP contribution in [0.1, 0.15) is 67.7 Å². The molecule has 32 heavy (non-hydrogen) atoms. The summed E-state index contributed by atoms with van der Waals surface area (Å²) in [5, 5.41) is 2.83. The number of carbonyl (C=O) groups is 2. The third kappa shape index (κ3) is 7.18. The molecule has 7 heteroatoms. The number of unbranched alkanes of at least 4 members (excludes halogenated alkanes) is 2. The zero-order chi connectivity index (χ0) is 23.3. The standard InChI is InChI=1S/C25H33NO6/c1-5-9-10-15-32-25(28)18-11-13-20(14-12-18)26-24(27)19-16-21(29-6-2)23(31-8-4)22(17-19)30-7-3/h11-14,16-17H,5-10,15H2,1-4H3,(H,26,27). The van der Waals surface area contributed by atoms with Gasteiger partial charge in [0, 0.05) is 11.3 Å². The number of anilines is 1. The molecule has 0 aliphatic heterocycles. The highest BCUT2D eigenvalue weighted by atomic mass is 16.5. The van der Waals surface area contributed by atoms with Crippen LogP contribution in [0.3, 0.4) is 0 Å². The van der Waals surface area contributed by atoms with E-state index in [9.17, 15) is 9.59 Å². The maximum absolute atomic E-state index is 12.9. The first-order valence-corrected chi connectivity index (χ1v) is 11.2. The summed E-state index contributed by atoms with van der Waals surface area (Å²) in [6.45, 7) is 9.39. The van der Waals surface area contributed by atoms with Crippen molar-refractivity contribution < 1.29 is 28.5 Å². The van der Waals surface area contributed by atoms with Crippen LogP contribution in [0.5, 0.6) is 17.2 Å². The minimum atomic E-state index is -0.367. The molecule has 2 rings (SSSR count). The zero-order valence-electron chi connectivity index (χ0n) is 19.4. The quantitative estimate of drug-likeness (QED) is 0.326. The molecule has 2 aromatic carbocycles. The van der Waals surface area contributed by atoms with Crippen LogP contribution in [0.4, 0.5) is 5.69 Å². The molecule has 0 aliphatic rings. The Kier molecular flexibility index (Phi) is 10.4. The maximum Gasteiger partial charge on any atom is 0.338 e. The molecule has 0 aliphatic carbocycles. The Morgan fingerprint density at radius 2 is 1.38 bits per heavy atom. The SMILES string of the molecule is CCCCCOC(=O)c1ccc(NC(=O)c2cc(OCC)c(OCC)c(OCC)c2)cc1. The predicted octanol–water partition coefficient (Wildman–Crippen LogP) is 5.48. The van der Waals surface area contributed by atoms with Gasteiger partial charge in [-0.05, 0) is 63.6 Å². The van der Waals surface area contributed by atoms with E-state index in [1.54, 1.807) is 36.4 Å². The molecule has 0 spiro atoms. The van der Waals surface area contributed by atoms with Crippen molar-refractivity contribution in [2.45, 2.75) is 47.0 Å². The maximum atomic E-state index is 12.9. The van der Waals surface area contributed by atoms with Gasteiger partial charge in [0.2, 0.25) is 5.75 Å². The van der Waals surface area contributed by atoms with E-state index >= 15 is 0 Å². The van der Waals surface area contributed by atoms with E-state index in [2.05, 4.69) is 12.2 Å². The Labute approximate surface area is 190 Å². The van der Waals surface area contributed by atoms with Crippen molar-refractivity contribution in [3.05, 3.63) is 47.5 Å². The number of amides is 1. The molecule has 1 N–H and O–H groups in total. The van der Waals surface area contributed by atoms with Gasteiger partial charge in [-0.2, -0.15) is 0 Å². The Bertz CT molecular complexity index is 851. The number of hydrogen-bond acceptors (Lipinski definition) is 6. The van der Waals surface area contributed by atoms with Crippen LogP contribution in [-0.4, -0.2) is 38.3 Å². The van der Waals surface area contributed by atoms with Gasteiger partial charge in [-0.15, -0.1) is 0 Å². The summed E-state index contributed by atoms with van der Waals surface area (Å²) in [4.78, 5) is 25.0. The highest BCUT2D eigenvalue weighted by Gasteiger charge is 2.18. The number of ether oxygens (including phenoxy) is 4. The fourth-order valence-corrected chi connectivity index (χ4v) is 3.01. The number of rotatable bonds is 13. The van der Waals surface area contributed by atoms with Crippen molar-refractivity contribution in [1.29, 1.82) is 0 Å². The first-order chi connectivity index (χ1) is 15.5. The average molecular weight is 444 g/mol. The Hall–Kier alpha value is -3.22. The lowest BCUT2D eigenvalue weighted by atomic mass is 10.1. The fourth-order valence-electron chi connectivity index (χ4n) is 3.01. The molecule has 0 radical (unpaired) electrons. The van der Waals surface area contributed by atoms with Gasteiger partial charge in [-0.1, -0.05) is 19.8 Å². The first-order valence-electron chi connectivity index (χ1n) is 11.2. The fraction of sp³-hybridized carbons (Fsp3) is 0.440. The van der Waals surface area contributed by atoms with Gasteiger partial charge in [-0.3, -0.25) is 4.79 Å². The molecule has 0 unspecified atom stereocenters. The van der Waals surface area contributed by atoms with Crippen LogP contribution < -0.4 is 19.5 Å². The second-order valence-corrected chi connectivity index (χ2v) is 6.98. The number of nitrogens with one attached hydrogen (secondary N) is 1. The van der Waals surface area contributed by atoms with Gasteiger partial charge in [-0.25, -0.2) is 4.79 Å². The van der Waals surface area contributed by atoms with Gasteiger partial charge in [0.05, 0.1) is 32.0 Å². The molecule has 1 amide bonds. The molecular formula is C25H33NO6. The van der Waals surface area contributed by atoms with Crippen LogP contribution in [-0.2, 0) is 4.74 Å². The van der Waals surface area contributed by atoms with Crippen molar-refractivity contribution in [1.82, 2.24) is 0 Å². The van der Waals surface area contributed by atoms with Crippen LogP contribution >= 0.6 is 0 Å². The van der Waals surface area contributed by atoms with Gasteiger partial charge in [0.15, 0.2) is 11.5 Å². The molecule has 0 aromatic heterocycles. The van der Waals surface area contributed by atoms with Crippen LogP contribution in [0.15, 0.2) is 36.4 Å². The highest BCUT2D eigenvalue weighted by molar-refractivity contribution is 6.05. The van der Waals surface area contributed by atoms with Crippen molar-refractivity contribution in [2.75, 3.05) is 31.7 Å². The van der Waals surface area contributed by atoms with Gasteiger partial charge < -0.3 is 24.3 Å². The monoisotopic (exact) mass is 443 g/mol. The molecular weight excluding hydrogens is 410 g/mol. The summed E-state index contributed by atoms with van der Waals surface area (Å²) in [5.41, 5.74) is 1.37. The van der Waals surface area contributed by atoms with Crippen molar-refractivity contribution in [2.24, 2.45) is 0 Å². The number of esters is 1. The van der Waals surface area contributed by atoms with Crippen molar-refractivity contribution >= 4 is 17.6 Å². The molecule has 0 saturated heterocycles. The molecule has 2 aromatic rings. The summed E-state index contributed by atoms with van der Waals surface area (Å²) in [5.74, 6) is 0.686. The van der Waals surface area contributed by atoms with E-state index in [0.717, 1.165) is 19.3 Å². The van der Waals surface area contributed by atoms with Crippen molar-refractivity contribution in [3.63, 3.8) is 0 Å². The third-order valence-corrected chi connectivity index (χ3v) is 4.53. The van der Waals surface area contributed by atoms with E-state index in [1.165, 1.54) is 0 Å². The first kappa shape index (κ1) is 25.0. The van der Waals surface area contributed by atoms with E-state index in [1.807, 2.05) is 20.8 Å². The largest absolute Gasteiger partial charge is 0.490 e. The lowest BCUT2D eigenvalue weighted by Gasteiger charge is -2.17. The van der Waals surface area contributed by atoms with Crippen LogP contribution in [0.25, 0.3) is 0 Å². The highest BCUT2D eigenvalue weighted by Crippen LogP contribution is 2.39. The second-order valence-electron chi connectivity index (χ2n) is 6.98. The minimum absolute atomic E-state index is 0.329. The number of carbonyl (C=O) groups excluding carboxylic acids is 2. The van der Waals surface area contributed by atoms with Crippen molar-refractivity contribution in [3.8, 4) is 17.2 Å². The Morgan fingerprint density at radius 3 is 1.91 bits per heavy atom. The minimum Gasteiger partial charge on any atom is -0.490 e. The number of benzene rings is 2. The van der Waals surface area contributed by atoms with E-state index in [0.29, 0.717) is 60.5 Å². The molecule has 0 fully saturated rings. The summed E-state index contributed by atoms with van der Waals surface area (Å²) in [7, 11) is 0. The summed E-state index contributed by atoms with van der Waals surface area (Å²) < 4.78 is 22.3. The van der Waals surface area contributed by atoms with Gasteiger partial charge in [0.1, 0.15) is 0 Å². The molecule has 0 heterocycles. The van der Waals surface area contributed by atoms with E-state index in [4.69, 9.17) is 18.9 Å². The predicted molar refractivity (Wildman–Crippen MR) is 124 cm³/mol.